The maximum Gasteiger partial charge on any atom is 0.258 e. The zero-order valence-electron chi connectivity index (χ0n) is 23.2. The van der Waals surface area contributed by atoms with E-state index in [0.717, 1.165) is 74.5 Å². The second-order valence-electron chi connectivity index (χ2n) is 10.7. The Kier molecular flexibility index (Phi) is 9.70. The van der Waals surface area contributed by atoms with Crippen LogP contribution in [0.5, 0.6) is 5.75 Å². The number of benzene rings is 1. The number of nitrogens with one attached hydrogen (secondary N) is 1. The van der Waals surface area contributed by atoms with Gasteiger partial charge in [0.1, 0.15) is 22.9 Å². The van der Waals surface area contributed by atoms with Crippen LogP contribution in [0, 0.1) is 35.8 Å². The number of ether oxygens (including phenoxy) is 1. The van der Waals surface area contributed by atoms with Gasteiger partial charge in [-0.1, -0.05) is 19.8 Å². The van der Waals surface area contributed by atoms with Crippen LogP contribution in [-0.4, -0.2) is 51.4 Å². The third kappa shape index (κ3) is 7.56. The van der Waals surface area contributed by atoms with E-state index in [0.29, 0.717) is 18.4 Å². The molecular weight excluding hydrogens is 514 g/mol. The molecule has 3 heterocycles. The van der Waals surface area contributed by atoms with Crippen LogP contribution in [0.4, 0.5) is 14.7 Å². The summed E-state index contributed by atoms with van der Waals surface area (Å²) in [6, 6.07) is 1.42. The number of piperidine rings is 1. The van der Waals surface area contributed by atoms with Gasteiger partial charge in [-0.2, -0.15) is 5.10 Å². The molecule has 8 nitrogen and oxygen atoms in total. The first-order valence-electron chi connectivity index (χ1n) is 13.7. The number of hydrogen-bond acceptors (Lipinski definition) is 6. The largest absolute Gasteiger partial charge is 0.493 e. The van der Waals surface area contributed by atoms with E-state index in [2.05, 4.69) is 45.1 Å². The number of aromatic nitrogens is 4. The topological polar surface area (TPSA) is 85.2 Å². The SMILES string of the molecule is C#CC(C)NC(=O)c1c(F)cc(OCCCC2CCN(c3ncc(-c4cnn(CC(C)C)c4)cn3)CC2)cc1F. The van der Waals surface area contributed by atoms with Crippen LogP contribution in [0.3, 0.4) is 0 Å². The Morgan fingerprint density at radius 1 is 1.12 bits per heavy atom. The molecule has 1 aliphatic heterocycles. The fourth-order valence-corrected chi connectivity index (χ4v) is 4.76. The summed E-state index contributed by atoms with van der Waals surface area (Å²) in [5, 5.41) is 6.77. The monoisotopic (exact) mass is 550 g/mol. The lowest BCUT2D eigenvalue weighted by Gasteiger charge is -2.32. The minimum atomic E-state index is -0.986. The smallest absolute Gasteiger partial charge is 0.258 e. The Balaban J connectivity index is 1.20. The summed E-state index contributed by atoms with van der Waals surface area (Å²) in [5.41, 5.74) is 1.29. The second-order valence-corrected chi connectivity index (χ2v) is 10.7. The molecule has 0 bridgehead atoms. The van der Waals surface area contributed by atoms with Gasteiger partial charge >= 0.3 is 0 Å². The molecular formula is C30H36F2N6O2. The summed E-state index contributed by atoms with van der Waals surface area (Å²) in [5.74, 6) is 1.27. The van der Waals surface area contributed by atoms with Crippen LogP contribution in [-0.2, 0) is 6.54 Å². The molecule has 40 heavy (non-hydrogen) atoms. The predicted octanol–water partition coefficient (Wildman–Crippen LogP) is 5.10. The molecule has 1 N–H and O–H groups in total. The highest BCUT2D eigenvalue weighted by molar-refractivity contribution is 5.95. The van der Waals surface area contributed by atoms with Crippen LogP contribution in [0.2, 0.25) is 0 Å². The van der Waals surface area contributed by atoms with Gasteiger partial charge < -0.3 is 15.0 Å². The fourth-order valence-electron chi connectivity index (χ4n) is 4.76. The van der Waals surface area contributed by atoms with E-state index >= 15 is 0 Å². The summed E-state index contributed by atoms with van der Waals surface area (Å²) in [7, 11) is 0. The van der Waals surface area contributed by atoms with Gasteiger partial charge in [-0.15, -0.1) is 6.42 Å². The van der Waals surface area contributed by atoms with E-state index in [4.69, 9.17) is 11.2 Å². The maximum absolute atomic E-state index is 14.4. The number of carbonyl (C=O) groups is 1. The van der Waals surface area contributed by atoms with E-state index in [9.17, 15) is 13.6 Å². The van der Waals surface area contributed by atoms with Crippen LogP contribution >= 0.6 is 0 Å². The zero-order valence-corrected chi connectivity index (χ0v) is 23.2. The molecule has 1 aliphatic rings. The van der Waals surface area contributed by atoms with Crippen molar-refractivity contribution in [2.24, 2.45) is 11.8 Å². The molecule has 0 aliphatic carbocycles. The first kappa shape index (κ1) is 29.0. The molecule has 1 saturated heterocycles. The van der Waals surface area contributed by atoms with E-state index in [1.165, 1.54) is 0 Å². The molecule has 0 spiro atoms. The molecule has 1 atom stereocenters. The van der Waals surface area contributed by atoms with Crippen LogP contribution in [0.15, 0.2) is 36.9 Å². The Hall–Kier alpha value is -4.00. The molecule has 1 amide bonds. The highest BCUT2D eigenvalue weighted by Gasteiger charge is 2.22. The van der Waals surface area contributed by atoms with Gasteiger partial charge in [0.05, 0.1) is 18.8 Å². The molecule has 0 radical (unpaired) electrons. The van der Waals surface area contributed by atoms with Gasteiger partial charge in [0.15, 0.2) is 0 Å². The number of anilines is 1. The molecule has 0 saturated carbocycles. The minimum Gasteiger partial charge on any atom is -0.493 e. The lowest BCUT2D eigenvalue weighted by Crippen LogP contribution is -2.34. The standard InChI is InChI=1S/C30H36F2N6O2/c1-5-21(4)36-29(39)28-26(31)13-25(14-27(28)32)40-12-6-7-22-8-10-37(11-9-22)30-33-15-23(16-34-30)24-17-35-38(19-24)18-20(2)3/h1,13-17,19-22H,6-12,18H2,2-4H3,(H,36,39). The normalized spacial score (nSPS) is 14.7. The molecule has 3 aromatic rings. The number of amides is 1. The number of hydrogen-bond donors (Lipinski definition) is 1. The highest BCUT2D eigenvalue weighted by atomic mass is 19.1. The van der Waals surface area contributed by atoms with E-state index in [1.54, 1.807) is 6.92 Å². The molecule has 1 aromatic carbocycles. The van der Waals surface area contributed by atoms with Crippen LogP contribution in [0.1, 0.15) is 56.8 Å². The quantitative estimate of drug-likeness (QED) is 0.264. The Labute approximate surface area is 234 Å². The molecule has 10 heteroatoms. The average molecular weight is 551 g/mol. The molecule has 212 valence electrons. The summed E-state index contributed by atoms with van der Waals surface area (Å²) >= 11 is 0. The summed E-state index contributed by atoms with van der Waals surface area (Å²) in [6.45, 7) is 8.82. The van der Waals surface area contributed by atoms with E-state index < -0.39 is 29.1 Å². The van der Waals surface area contributed by atoms with E-state index in [1.807, 2.05) is 29.5 Å². The first-order chi connectivity index (χ1) is 19.2. The Bertz CT molecular complexity index is 1300. The van der Waals surface area contributed by atoms with Crippen molar-refractivity contribution in [3.05, 3.63) is 54.1 Å². The third-order valence-corrected chi connectivity index (χ3v) is 6.92. The lowest BCUT2D eigenvalue weighted by molar-refractivity contribution is 0.0939. The average Bonchev–Trinajstić information content (AvgIpc) is 3.39. The van der Waals surface area contributed by atoms with Gasteiger partial charge in [0, 0.05) is 61.5 Å². The van der Waals surface area contributed by atoms with Crippen LogP contribution in [0.25, 0.3) is 11.1 Å². The van der Waals surface area contributed by atoms with Crippen molar-refractivity contribution in [1.29, 1.82) is 0 Å². The Morgan fingerprint density at radius 2 is 1.80 bits per heavy atom. The summed E-state index contributed by atoms with van der Waals surface area (Å²) < 4.78 is 36.3. The van der Waals surface area contributed by atoms with Gasteiger partial charge in [-0.3, -0.25) is 9.48 Å². The lowest BCUT2D eigenvalue weighted by atomic mass is 9.92. The third-order valence-electron chi connectivity index (χ3n) is 6.92. The van der Waals surface area contributed by atoms with Crippen molar-refractivity contribution >= 4 is 11.9 Å². The van der Waals surface area contributed by atoms with Gasteiger partial charge in [0.2, 0.25) is 5.95 Å². The second kappa shape index (κ2) is 13.4. The molecule has 2 aromatic heterocycles. The first-order valence-corrected chi connectivity index (χ1v) is 13.7. The summed E-state index contributed by atoms with van der Waals surface area (Å²) in [4.78, 5) is 23.5. The van der Waals surface area contributed by atoms with Crippen molar-refractivity contribution in [2.75, 3.05) is 24.6 Å². The van der Waals surface area contributed by atoms with Crippen molar-refractivity contribution in [3.63, 3.8) is 0 Å². The zero-order chi connectivity index (χ0) is 28.6. The van der Waals surface area contributed by atoms with Crippen LogP contribution < -0.4 is 15.0 Å². The summed E-state index contributed by atoms with van der Waals surface area (Å²) in [6.07, 6.45) is 16.5. The maximum atomic E-state index is 14.4. The number of terminal acetylenes is 1. The van der Waals surface area contributed by atoms with Crippen molar-refractivity contribution in [2.45, 2.75) is 59.0 Å². The number of halogens is 2. The van der Waals surface area contributed by atoms with Gasteiger partial charge in [-0.05, 0) is 44.4 Å². The minimum absolute atomic E-state index is 0.0548. The molecule has 4 rings (SSSR count). The molecule has 1 fully saturated rings. The fraction of sp³-hybridized carbons (Fsp3) is 0.467. The van der Waals surface area contributed by atoms with Crippen molar-refractivity contribution < 1.29 is 18.3 Å². The van der Waals surface area contributed by atoms with Crippen molar-refractivity contribution in [1.82, 2.24) is 25.1 Å². The van der Waals surface area contributed by atoms with Gasteiger partial charge in [0.25, 0.3) is 5.91 Å². The molecule has 1 unspecified atom stereocenters. The number of nitrogens with zero attached hydrogens (tertiary/aromatic N) is 5. The highest BCUT2D eigenvalue weighted by Crippen LogP contribution is 2.26. The predicted molar refractivity (Wildman–Crippen MR) is 150 cm³/mol. The van der Waals surface area contributed by atoms with E-state index in [-0.39, 0.29) is 5.75 Å². The Morgan fingerprint density at radius 3 is 2.42 bits per heavy atom. The number of rotatable bonds is 11. The number of carbonyl (C=O) groups excluding carboxylic acids is 1. The van der Waals surface area contributed by atoms with Crippen molar-refractivity contribution in [3.8, 4) is 29.2 Å². The van der Waals surface area contributed by atoms with Gasteiger partial charge in [-0.25, -0.2) is 18.7 Å².